The lowest BCUT2D eigenvalue weighted by molar-refractivity contribution is -0.0121. The van der Waals surface area contributed by atoms with Crippen molar-refractivity contribution in [2.24, 2.45) is 11.8 Å². The van der Waals surface area contributed by atoms with Gasteiger partial charge in [-0.1, -0.05) is 56.2 Å². The average Bonchev–Trinajstić information content (AvgIpc) is 3.41. The molecule has 0 N–H and O–H groups in total. The van der Waals surface area contributed by atoms with Gasteiger partial charge in [-0.25, -0.2) is 0 Å². The predicted octanol–water partition coefficient (Wildman–Crippen LogP) is 7.83. The molecule has 3 atom stereocenters. The number of hydrogen-bond acceptors (Lipinski definition) is 2. The molecule has 1 fully saturated rings. The summed E-state index contributed by atoms with van der Waals surface area (Å²) in [6, 6.07) is 13.8. The van der Waals surface area contributed by atoms with Crippen molar-refractivity contribution >= 4 is 16.9 Å². The van der Waals surface area contributed by atoms with E-state index in [1.54, 1.807) is 5.57 Å². The minimum absolute atomic E-state index is 0.304. The van der Waals surface area contributed by atoms with Crippen LogP contribution in [-0.2, 0) is 11.2 Å². The van der Waals surface area contributed by atoms with Gasteiger partial charge in [-0.15, -0.1) is 11.3 Å². The molecule has 2 heteroatoms. The van der Waals surface area contributed by atoms with Crippen LogP contribution in [0.1, 0.15) is 80.4 Å². The van der Waals surface area contributed by atoms with Crippen molar-refractivity contribution in [3.63, 3.8) is 0 Å². The van der Waals surface area contributed by atoms with Crippen molar-refractivity contribution in [1.29, 1.82) is 0 Å². The number of allylic oxidation sites excluding steroid dienone is 2. The summed E-state index contributed by atoms with van der Waals surface area (Å²) in [6.07, 6.45) is 14.3. The molecular weight excluding hydrogens is 360 g/mol. The quantitative estimate of drug-likeness (QED) is 0.443. The number of ether oxygens (including phenoxy) is 1. The Labute approximate surface area is 174 Å². The highest BCUT2D eigenvalue weighted by molar-refractivity contribution is 7.09. The highest BCUT2D eigenvalue weighted by atomic mass is 32.1. The molecule has 150 valence electrons. The fraction of sp³-hybridized carbons (Fsp3) is 0.538. The van der Waals surface area contributed by atoms with E-state index in [-0.39, 0.29) is 0 Å². The van der Waals surface area contributed by atoms with Gasteiger partial charge in [-0.2, -0.15) is 0 Å². The second-order valence-electron chi connectivity index (χ2n) is 8.57. The lowest BCUT2D eigenvalue weighted by Crippen LogP contribution is -2.19. The monoisotopic (exact) mass is 394 g/mol. The number of benzene rings is 1. The second-order valence-corrected chi connectivity index (χ2v) is 9.60. The third-order valence-corrected chi connectivity index (χ3v) is 7.52. The van der Waals surface area contributed by atoms with Crippen LogP contribution in [0.25, 0.3) is 5.57 Å². The Morgan fingerprint density at radius 1 is 1.07 bits per heavy atom. The van der Waals surface area contributed by atoms with Gasteiger partial charge in [-0.05, 0) is 84.9 Å². The molecule has 1 aliphatic heterocycles. The van der Waals surface area contributed by atoms with Gasteiger partial charge in [0.15, 0.2) is 0 Å². The molecule has 1 aromatic heterocycles. The van der Waals surface area contributed by atoms with Gasteiger partial charge in [0.1, 0.15) is 0 Å². The van der Waals surface area contributed by atoms with Crippen LogP contribution < -0.4 is 0 Å². The lowest BCUT2D eigenvalue weighted by atomic mass is 9.87. The predicted molar refractivity (Wildman–Crippen MR) is 121 cm³/mol. The Morgan fingerprint density at radius 2 is 1.96 bits per heavy atom. The van der Waals surface area contributed by atoms with Gasteiger partial charge < -0.3 is 4.74 Å². The standard InChI is InChI=1S/C26H34OS/c1-2-6-20-16-17-27-26(19-20)23-14-12-22(13-15-23)25-11-4-8-21(25)7-3-9-24-10-5-18-28-24/h5,10-15,18,20-21,26H,2-4,6-9,16-17,19H2,1H3/t20?,21-,26?/m0/s1. The van der Waals surface area contributed by atoms with Gasteiger partial charge in [0.05, 0.1) is 6.10 Å². The zero-order chi connectivity index (χ0) is 19.2. The second kappa shape index (κ2) is 9.89. The smallest absolute Gasteiger partial charge is 0.0827 e. The van der Waals surface area contributed by atoms with E-state index in [9.17, 15) is 0 Å². The fourth-order valence-electron chi connectivity index (χ4n) is 5.05. The third-order valence-electron chi connectivity index (χ3n) is 6.58. The van der Waals surface area contributed by atoms with Crippen molar-refractivity contribution in [3.05, 3.63) is 63.9 Å². The van der Waals surface area contributed by atoms with Crippen LogP contribution >= 0.6 is 11.3 Å². The highest BCUT2D eigenvalue weighted by Crippen LogP contribution is 2.39. The van der Waals surface area contributed by atoms with Gasteiger partial charge in [0.25, 0.3) is 0 Å². The molecule has 2 unspecified atom stereocenters. The first kappa shape index (κ1) is 19.9. The molecule has 1 saturated heterocycles. The molecule has 0 amide bonds. The Kier molecular flexibility index (Phi) is 7.04. The fourth-order valence-corrected chi connectivity index (χ4v) is 5.80. The number of thiophene rings is 1. The maximum atomic E-state index is 6.10. The Morgan fingerprint density at radius 3 is 2.75 bits per heavy atom. The van der Waals surface area contributed by atoms with E-state index in [2.05, 4.69) is 54.8 Å². The molecule has 1 aromatic carbocycles. The summed E-state index contributed by atoms with van der Waals surface area (Å²) in [5, 5.41) is 2.19. The first-order valence-electron chi connectivity index (χ1n) is 11.3. The molecule has 2 aliphatic rings. The molecule has 0 bridgehead atoms. The van der Waals surface area contributed by atoms with Crippen molar-refractivity contribution in [1.82, 2.24) is 0 Å². The van der Waals surface area contributed by atoms with E-state index in [0.717, 1.165) is 18.4 Å². The topological polar surface area (TPSA) is 9.23 Å². The van der Waals surface area contributed by atoms with Crippen molar-refractivity contribution in [3.8, 4) is 0 Å². The SMILES string of the molecule is CCCC1CCOC(c2ccc(C3=CCC[C@@H]3CCCc3cccs3)cc2)C1. The van der Waals surface area contributed by atoms with Crippen LogP contribution in [0.3, 0.4) is 0 Å². The third kappa shape index (κ3) is 4.96. The van der Waals surface area contributed by atoms with Gasteiger partial charge in [0, 0.05) is 11.5 Å². The Bertz CT molecular complexity index is 741. The summed E-state index contributed by atoms with van der Waals surface area (Å²) in [5.74, 6) is 1.58. The van der Waals surface area contributed by atoms with Gasteiger partial charge in [-0.3, -0.25) is 0 Å². The van der Waals surface area contributed by atoms with Crippen LogP contribution in [-0.4, -0.2) is 6.61 Å². The maximum Gasteiger partial charge on any atom is 0.0827 e. The molecule has 1 aliphatic carbocycles. The summed E-state index contributed by atoms with van der Waals surface area (Å²) in [6.45, 7) is 3.22. The molecular formula is C26H34OS. The molecule has 2 heterocycles. The van der Waals surface area contributed by atoms with E-state index >= 15 is 0 Å². The molecule has 1 nitrogen and oxygen atoms in total. The molecule has 0 radical (unpaired) electrons. The van der Waals surface area contributed by atoms with Gasteiger partial charge >= 0.3 is 0 Å². The van der Waals surface area contributed by atoms with E-state index < -0.39 is 0 Å². The summed E-state index contributed by atoms with van der Waals surface area (Å²) in [4.78, 5) is 1.53. The first-order chi connectivity index (χ1) is 13.8. The molecule has 28 heavy (non-hydrogen) atoms. The van der Waals surface area contributed by atoms with Crippen LogP contribution in [0.5, 0.6) is 0 Å². The van der Waals surface area contributed by atoms with Crippen molar-refractivity contribution in [2.45, 2.75) is 70.8 Å². The van der Waals surface area contributed by atoms with E-state index in [1.807, 2.05) is 11.3 Å². The lowest BCUT2D eigenvalue weighted by Gasteiger charge is -2.30. The molecule has 2 aromatic rings. The van der Waals surface area contributed by atoms with Crippen molar-refractivity contribution < 1.29 is 4.74 Å². The largest absolute Gasteiger partial charge is 0.374 e. The Hall–Kier alpha value is -1.38. The summed E-state index contributed by atoms with van der Waals surface area (Å²) in [5.41, 5.74) is 4.40. The van der Waals surface area contributed by atoms with Crippen LogP contribution in [0.2, 0.25) is 0 Å². The Balaban J connectivity index is 1.34. The van der Waals surface area contributed by atoms with Crippen molar-refractivity contribution in [2.75, 3.05) is 6.61 Å². The minimum Gasteiger partial charge on any atom is -0.374 e. The van der Waals surface area contributed by atoms with E-state index in [1.165, 1.54) is 73.8 Å². The zero-order valence-electron chi connectivity index (χ0n) is 17.2. The molecule has 0 saturated carbocycles. The highest BCUT2D eigenvalue weighted by Gasteiger charge is 2.24. The van der Waals surface area contributed by atoms with E-state index in [0.29, 0.717) is 6.10 Å². The van der Waals surface area contributed by atoms with Crippen LogP contribution in [0.4, 0.5) is 0 Å². The average molecular weight is 395 g/mol. The molecule has 4 rings (SSSR count). The van der Waals surface area contributed by atoms with Gasteiger partial charge in [0.2, 0.25) is 0 Å². The normalized spacial score (nSPS) is 25.0. The number of aryl methyl sites for hydroxylation is 1. The minimum atomic E-state index is 0.304. The zero-order valence-corrected chi connectivity index (χ0v) is 18.1. The maximum absolute atomic E-state index is 6.10. The summed E-state index contributed by atoms with van der Waals surface area (Å²) in [7, 11) is 0. The number of hydrogen-bond donors (Lipinski definition) is 0. The van der Waals surface area contributed by atoms with E-state index in [4.69, 9.17) is 4.74 Å². The van der Waals surface area contributed by atoms with Crippen LogP contribution in [0, 0.1) is 11.8 Å². The summed E-state index contributed by atoms with van der Waals surface area (Å²) >= 11 is 1.89. The van der Waals surface area contributed by atoms with Crippen LogP contribution in [0.15, 0.2) is 47.9 Å². The number of rotatable bonds is 8. The first-order valence-corrected chi connectivity index (χ1v) is 12.2. The molecule has 0 spiro atoms. The summed E-state index contributed by atoms with van der Waals surface area (Å²) < 4.78 is 6.10.